The van der Waals surface area contributed by atoms with Crippen molar-refractivity contribution in [1.82, 2.24) is 0 Å². The standard InChI is InChI=1S/C12H10F3NO3/c1-11(2)6-5-7-9(19-11)4-3-8(16(17)18)10(7)12(13,14)15/h3-6H,1-2H3. The van der Waals surface area contributed by atoms with Crippen LogP contribution in [0.3, 0.4) is 0 Å². The molecule has 0 fully saturated rings. The van der Waals surface area contributed by atoms with Gasteiger partial charge in [0.1, 0.15) is 16.9 Å². The average molecular weight is 273 g/mol. The number of nitrogens with zero attached hydrogens (tertiary/aromatic N) is 1. The van der Waals surface area contributed by atoms with Gasteiger partial charge in [-0.05, 0) is 26.0 Å². The maximum Gasteiger partial charge on any atom is 0.423 e. The predicted octanol–water partition coefficient (Wildman–Crippen LogP) is 3.80. The first-order chi connectivity index (χ1) is 8.62. The summed E-state index contributed by atoms with van der Waals surface area (Å²) in [5, 5.41) is 10.7. The van der Waals surface area contributed by atoms with Crippen LogP contribution in [0.5, 0.6) is 5.75 Å². The minimum atomic E-state index is -4.82. The van der Waals surface area contributed by atoms with Crippen LogP contribution in [0.4, 0.5) is 18.9 Å². The highest BCUT2D eigenvalue weighted by molar-refractivity contribution is 5.69. The van der Waals surface area contributed by atoms with E-state index in [9.17, 15) is 23.3 Å². The molecule has 0 spiro atoms. The first-order valence-corrected chi connectivity index (χ1v) is 5.39. The van der Waals surface area contributed by atoms with Gasteiger partial charge in [-0.1, -0.05) is 6.08 Å². The number of hydrogen-bond donors (Lipinski definition) is 0. The molecule has 0 amide bonds. The lowest BCUT2D eigenvalue weighted by Crippen LogP contribution is -2.28. The zero-order chi connectivity index (χ0) is 14.4. The quantitative estimate of drug-likeness (QED) is 0.577. The molecule has 0 atom stereocenters. The molecule has 1 aliphatic heterocycles. The topological polar surface area (TPSA) is 52.4 Å². The van der Waals surface area contributed by atoms with E-state index in [2.05, 4.69) is 0 Å². The molecule has 1 aromatic rings. The summed E-state index contributed by atoms with van der Waals surface area (Å²) in [6.07, 6.45) is -2.16. The fraction of sp³-hybridized carbons (Fsp3) is 0.333. The smallest absolute Gasteiger partial charge is 0.423 e. The monoisotopic (exact) mass is 273 g/mol. The second-order valence-corrected chi connectivity index (χ2v) is 4.67. The zero-order valence-electron chi connectivity index (χ0n) is 10.1. The molecule has 1 heterocycles. The fourth-order valence-electron chi connectivity index (χ4n) is 1.89. The van der Waals surface area contributed by atoms with Crippen molar-refractivity contribution in [3.8, 4) is 5.75 Å². The number of nitro benzene ring substituents is 1. The molecule has 0 saturated carbocycles. The highest BCUT2D eigenvalue weighted by Gasteiger charge is 2.43. The molecule has 0 aromatic heterocycles. The Bertz CT molecular complexity index is 576. The number of rotatable bonds is 1. The molecule has 2 rings (SSSR count). The minimum absolute atomic E-state index is 0.00887. The van der Waals surface area contributed by atoms with Crippen LogP contribution in [0.1, 0.15) is 25.0 Å². The van der Waals surface area contributed by atoms with Gasteiger partial charge in [-0.3, -0.25) is 10.1 Å². The summed E-state index contributed by atoms with van der Waals surface area (Å²) in [4.78, 5) is 9.68. The molecule has 7 heteroatoms. The maximum atomic E-state index is 13.0. The highest BCUT2D eigenvalue weighted by Crippen LogP contribution is 2.45. The molecule has 0 N–H and O–H groups in total. The zero-order valence-corrected chi connectivity index (χ0v) is 10.1. The van der Waals surface area contributed by atoms with Crippen LogP contribution in [0.25, 0.3) is 6.08 Å². The van der Waals surface area contributed by atoms with Gasteiger partial charge in [0.15, 0.2) is 0 Å². The van der Waals surface area contributed by atoms with E-state index in [0.717, 1.165) is 6.07 Å². The second kappa shape index (κ2) is 3.97. The number of halogens is 3. The molecule has 0 radical (unpaired) electrons. The lowest BCUT2D eigenvalue weighted by atomic mass is 9.97. The Balaban J connectivity index is 2.72. The van der Waals surface area contributed by atoms with Gasteiger partial charge in [0, 0.05) is 11.6 Å². The van der Waals surface area contributed by atoms with E-state index in [-0.39, 0.29) is 11.3 Å². The van der Waals surface area contributed by atoms with Crippen LogP contribution in [-0.4, -0.2) is 10.5 Å². The summed E-state index contributed by atoms with van der Waals surface area (Å²) >= 11 is 0. The minimum Gasteiger partial charge on any atom is -0.483 e. The van der Waals surface area contributed by atoms with E-state index >= 15 is 0 Å². The molecular weight excluding hydrogens is 263 g/mol. The van der Waals surface area contributed by atoms with Crippen LogP contribution < -0.4 is 4.74 Å². The molecule has 0 bridgehead atoms. The van der Waals surface area contributed by atoms with Gasteiger partial charge in [-0.2, -0.15) is 13.2 Å². The van der Waals surface area contributed by atoms with E-state index < -0.39 is 28.0 Å². The van der Waals surface area contributed by atoms with Crippen LogP contribution >= 0.6 is 0 Å². The Kier molecular flexibility index (Phi) is 2.80. The molecule has 1 aromatic carbocycles. The van der Waals surface area contributed by atoms with Gasteiger partial charge >= 0.3 is 6.18 Å². The summed E-state index contributed by atoms with van der Waals surface area (Å²) in [7, 11) is 0. The van der Waals surface area contributed by atoms with Gasteiger partial charge in [0.05, 0.1) is 4.92 Å². The summed E-state index contributed by atoms with van der Waals surface area (Å²) in [5.74, 6) is -0.00887. The van der Waals surface area contributed by atoms with E-state index in [1.807, 2.05) is 0 Å². The average Bonchev–Trinajstić information content (AvgIpc) is 2.24. The SMILES string of the molecule is CC1(C)C=Cc2c(ccc([N+](=O)[O-])c2C(F)(F)F)O1. The maximum absolute atomic E-state index is 13.0. The van der Waals surface area contributed by atoms with Gasteiger partial charge in [-0.25, -0.2) is 0 Å². The third kappa shape index (κ3) is 2.40. The first kappa shape index (κ1) is 13.4. The Morgan fingerprint density at radius 2 is 1.95 bits per heavy atom. The number of hydrogen-bond acceptors (Lipinski definition) is 3. The fourth-order valence-corrected chi connectivity index (χ4v) is 1.89. The van der Waals surface area contributed by atoms with Crippen LogP contribution in [0.15, 0.2) is 18.2 Å². The Hall–Kier alpha value is -2.05. The lowest BCUT2D eigenvalue weighted by Gasteiger charge is -2.29. The third-order valence-corrected chi connectivity index (χ3v) is 2.69. The summed E-state index contributed by atoms with van der Waals surface area (Å²) < 4.78 is 44.4. The van der Waals surface area contributed by atoms with Crippen molar-refractivity contribution in [1.29, 1.82) is 0 Å². The van der Waals surface area contributed by atoms with Crippen LogP contribution in [0.2, 0.25) is 0 Å². The molecule has 4 nitrogen and oxygen atoms in total. The summed E-state index contributed by atoms with van der Waals surface area (Å²) in [5.41, 5.74) is -3.30. The summed E-state index contributed by atoms with van der Waals surface area (Å²) in [6.45, 7) is 3.36. The van der Waals surface area contributed by atoms with Gasteiger partial charge < -0.3 is 4.74 Å². The van der Waals surface area contributed by atoms with Gasteiger partial charge in [0.2, 0.25) is 0 Å². The number of alkyl halides is 3. The predicted molar refractivity (Wildman–Crippen MR) is 61.8 cm³/mol. The normalized spacial score (nSPS) is 16.7. The summed E-state index contributed by atoms with van der Waals surface area (Å²) in [6, 6.07) is 2.00. The van der Waals surface area contributed by atoms with Crippen molar-refractivity contribution in [3.05, 3.63) is 39.4 Å². The molecule has 0 saturated heterocycles. The van der Waals surface area contributed by atoms with E-state index in [0.29, 0.717) is 0 Å². The van der Waals surface area contributed by atoms with Crippen molar-refractivity contribution < 1.29 is 22.8 Å². The Morgan fingerprint density at radius 1 is 1.32 bits per heavy atom. The first-order valence-electron chi connectivity index (χ1n) is 5.39. The van der Waals surface area contributed by atoms with Crippen molar-refractivity contribution in [2.24, 2.45) is 0 Å². The Morgan fingerprint density at radius 3 is 2.47 bits per heavy atom. The molecular formula is C12H10F3NO3. The van der Waals surface area contributed by atoms with Crippen molar-refractivity contribution in [2.45, 2.75) is 25.6 Å². The lowest BCUT2D eigenvalue weighted by molar-refractivity contribution is -0.388. The highest BCUT2D eigenvalue weighted by atomic mass is 19.4. The van der Waals surface area contributed by atoms with E-state index in [4.69, 9.17) is 4.74 Å². The van der Waals surface area contributed by atoms with E-state index in [1.165, 1.54) is 18.2 Å². The molecule has 0 unspecified atom stereocenters. The van der Waals surface area contributed by atoms with E-state index in [1.54, 1.807) is 13.8 Å². The number of fused-ring (bicyclic) bond motifs is 1. The van der Waals surface area contributed by atoms with Crippen molar-refractivity contribution in [3.63, 3.8) is 0 Å². The molecule has 0 aliphatic carbocycles. The number of benzene rings is 1. The molecule has 1 aliphatic rings. The largest absolute Gasteiger partial charge is 0.483 e. The Labute approximate surface area is 106 Å². The third-order valence-electron chi connectivity index (χ3n) is 2.69. The number of ether oxygens (including phenoxy) is 1. The van der Waals surface area contributed by atoms with Crippen molar-refractivity contribution in [2.75, 3.05) is 0 Å². The number of nitro groups is 1. The second-order valence-electron chi connectivity index (χ2n) is 4.67. The van der Waals surface area contributed by atoms with Gasteiger partial charge in [0.25, 0.3) is 5.69 Å². The molecule has 102 valence electrons. The van der Waals surface area contributed by atoms with Gasteiger partial charge in [-0.15, -0.1) is 0 Å². The molecule has 19 heavy (non-hydrogen) atoms. The van der Waals surface area contributed by atoms with Crippen LogP contribution in [-0.2, 0) is 6.18 Å². The van der Waals surface area contributed by atoms with Crippen molar-refractivity contribution >= 4 is 11.8 Å². The van der Waals surface area contributed by atoms with Crippen LogP contribution in [0, 0.1) is 10.1 Å².